The second-order valence-corrected chi connectivity index (χ2v) is 5.15. The zero-order valence-corrected chi connectivity index (χ0v) is 11.5. The Morgan fingerprint density at radius 3 is 2.73 bits per heavy atom. The molecule has 1 rings (SSSR count). The van der Waals surface area contributed by atoms with Crippen LogP contribution in [-0.2, 0) is 14.3 Å². The fraction of sp³-hybridized carbons (Fsp3) is 0.727. The molecule has 0 radical (unpaired) electrons. The number of rotatable bonds is 3. The monoisotopic (exact) mass is 324 g/mol. The Balaban J connectivity index is 2.98. The fourth-order valence-electron chi connectivity index (χ4n) is 2.03. The number of hydrogen-bond donors (Lipinski definition) is 0. The quantitative estimate of drug-likeness (QED) is 0.346. The van der Waals surface area contributed by atoms with Gasteiger partial charge in [-0.3, -0.25) is 0 Å². The third kappa shape index (κ3) is 2.20. The molecular formula is C11H17IO3. The summed E-state index contributed by atoms with van der Waals surface area (Å²) in [5.74, 6) is -0.122. The predicted molar refractivity (Wildman–Crippen MR) is 67.1 cm³/mol. The molecule has 86 valence electrons. The largest absolute Gasteiger partial charge is 0.467 e. The van der Waals surface area contributed by atoms with Crippen LogP contribution in [0.1, 0.15) is 20.3 Å². The van der Waals surface area contributed by atoms with Crippen molar-refractivity contribution in [3.63, 3.8) is 0 Å². The van der Waals surface area contributed by atoms with Crippen molar-refractivity contribution in [3.05, 3.63) is 12.7 Å². The number of halogens is 1. The van der Waals surface area contributed by atoms with Gasteiger partial charge in [0.05, 0.1) is 12.7 Å². The molecule has 0 aromatic carbocycles. The Morgan fingerprint density at radius 1 is 1.73 bits per heavy atom. The fourth-order valence-corrected chi connectivity index (χ4v) is 3.18. The molecule has 1 saturated heterocycles. The first-order valence-corrected chi connectivity index (χ1v) is 6.42. The van der Waals surface area contributed by atoms with Crippen molar-refractivity contribution in [2.45, 2.75) is 31.5 Å². The third-order valence-corrected chi connectivity index (χ3v) is 4.15. The van der Waals surface area contributed by atoms with Crippen LogP contribution in [0.3, 0.4) is 0 Å². The summed E-state index contributed by atoms with van der Waals surface area (Å²) in [6.45, 7) is 7.51. The molecule has 3 nitrogen and oxygen atoms in total. The van der Waals surface area contributed by atoms with Crippen LogP contribution in [0, 0.1) is 5.92 Å². The second kappa shape index (κ2) is 4.41. The van der Waals surface area contributed by atoms with Crippen LogP contribution >= 0.6 is 22.6 Å². The van der Waals surface area contributed by atoms with Gasteiger partial charge in [0.2, 0.25) is 0 Å². The topological polar surface area (TPSA) is 35.5 Å². The summed E-state index contributed by atoms with van der Waals surface area (Å²) in [6.07, 6.45) is 2.57. The number of alkyl halides is 1. The highest BCUT2D eigenvalue weighted by Gasteiger charge is 2.54. The van der Waals surface area contributed by atoms with Crippen LogP contribution in [0.2, 0.25) is 0 Å². The lowest BCUT2D eigenvalue weighted by molar-refractivity contribution is -0.172. The average Bonchev–Trinajstić information content (AvgIpc) is 2.51. The average molecular weight is 324 g/mol. The maximum absolute atomic E-state index is 11.7. The maximum atomic E-state index is 11.7. The highest BCUT2D eigenvalue weighted by atomic mass is 127. The third-order valence-electron chi connectivity index (χ3n) is 3.08. The van der Waals surface area contributed by atoms with E-state index in [9.17, 15) is 4.79 Å². The molecule has 0 aromatic heterocycles. The van der Waals surface area contributed by atoms with Gasteiger partial charge in [0.25, 0.3) is 0 Å². The summed E-state index contributed by atoms with van der Waals surface area (Å²) < 4.78 is 11.5. The Labute approximate surface area is 104 Å². The van der Waals surface area contributed by atoms with Crippen LogP contribution in [-0.4, -0.2) is 28.7 Å². The van der Waals surface area contributed by atoms with Gasteiger partial charge in [-0.1, -0.05) is 28.7 Å². The van der Waals surface area contributed by atoms with Gasteiger partial charge in [-0.05, 0) is 20.3 Å². The lowest BCUT2D eigenvalue weighted by Crippen LogP contribution is -2.43. The number of esters is 1. The molecular weight excluding hydrogens is 307 g/mol. The predicted octanol–water partition coefficient (Wildman–Crippen LogP) is 2.33. The van der Waals surface area contributed by atoms with E-state index in [2.05, 4.69) is 29.2 Å². The summed E-state index contributed by atoms with van der Waals surface area (Å²) in [5, 5.41) is 0. The molecule has 0 bridgehead atoms. The molecule has 4 heteroatoms. The molecule has 15 heavy (non-hydrogen) atoms. The summed E-state index contributed by atoms with van der Waals surface area (Å²) in [5.41, 5.74) is -1.25. The molecule has 0 amide bonds. The van der Waals surface area contributed by atoms with E-state index in [0.29, 0.717) is 0 Å². The van der Waals surface area contributed by atoms with Crippen molar-refractivity contribution in [1.82, 2.24) is 0 Å². The molecule has 1 fully saturated rings. The SMILES string of the molecule is C=C[C@@]1(C)C[C@@H](CI)[C@@](C)(C(=O)OC)O1. The van der Waals surface area contributed by atoms with Crippen molar-refractivity contribution in [2.75, 3.05) is 11.5 Å². The molecule has 1 heterocycles. The van der Waals surface area contributed by atoms with Crippen LogP contribution in [0.25, 0.3) is 0 Å². The molecule has 0 unspecified atom stereocenters. The van der Waals surface area contributed by atoms with E-state index < -0.39 is 11.2 Å². The van der Waals surface area contributed by atoms with Crippen LogP contribution < -0.4 is 0 Å². The van der Waals surface area contributed by atoms with E-state index in [-0.39, 0.29) is 11.9 Å². The normalized spacial score (nSPS) is 40.1. The highest BCUT2D eigenvalue weighted by Crippen LogP contribution is 2.44. The number of carbonyl (C=O) groups excluding carboxylic acids is 1. The Morgan fingerprint density at radius 2 is 2.33 bits per heavy atom. The molecule has 0 spiro atoms. The van der Waals surface area contributed by atoms with Gasteiger partial charge < -0.3 is 9.47 Å². The van der Waals surface area contributed by atoms with Gasteiger partial charge in [-0.15, -0.1) is 6.58 Å². The van der Waals surface area contributed by atoms with E-state index in [4.69, 9.17) is 9.47 Å². The first kappa shape index (κ1) is 13.0. The van der Waals surface area contributed by atoms with Crippen molar-refractivity contribution in [3.8, 4) is 0 Å². The van der Waals surface area contributed by atoms with Crippen molar-refractivity contribution < 1.29 is 14.3 Å². The van der Waals surface area contributed by atoms with Crippen LogP contribution in [0.5, 0.6) is 0 Å². The minimum Gasteiger partial charge on any atom is -0.467 e. The molecule has 1 aliphatic rings. The van der Waals surface area contributed by atoms with E-state index >= 15 is 0 Å². The molecule has 0 aliphatic carbocycles. The summed E-state index contributed by atoms with van der Waals surface area (Å²) >= 11 is 2.28. The first-order chi connectivity index (χ1) is 6.91. The lowest BCUT2D eigenvalue weighted by atomic mass is 9.87. The Kier molecular flexibility index (Phi) is 3.81. The minimum atomic E-state index is -0.834. The van der Waals surface area contributed by atoms with Crippen LogP contribution in [0.15, 0.2) is 12.7 Å². The highest BCUT2D eigenvalue weighted by molar-refractivity contribution is 14.1. The van der Waals surface area contributed by atoms with E-state index in [0.717, 1.165) is 10.8 Å². The summed E-state index contributed by atoms with van der Waals surface area (Å²) in [7, 11) is 1.39. The smallest absolute Gasteiger partial charge is 0.338 e. The van der Waals surface area contributed by atoms with Gasteiger partial charge in [-0.2, -0.15) is 0 Å². The zero-order chi connectivity index (χ0) is 11.7. The van der Waals surface area contributed by atoms with E-state index in [1.165, 1.54) is 7.11 Å². The van der Waals surface area contributed by atoms with Gasteiger partial charge in [0.1, 0.15) is 0 Å². The Bertz CT molecular complexity index is 279. The minimum absolute atomic E-state index is 0.175. The zero-order valence-electron chi connectivity index (χ0n) is 9.38. The van der Waals surface area contributed by atoms with Gasteiger partial charge in [0, 0.05) is 10.3 Å². The Hall–Kier alpha value is -0.100. The van der Waals surface area contributed by atoms with E-state index in [1.54, 1.807) is 13.0 Å². The molecule has 1 aliphatic heterocycles. The van der Waals surface area contributed by atoms with Gasteiger partial charge in [0.15, 0.2) is 5.60 Å². The maximum Gasteiger partial charge on any atom is 0.338 e. The number of carbonyl (C=O) groups is 1. The lowest BCUT2D eigenvalue weighted by Gasteiger charge is -2.28. The number of hydrogen-bond acceptors (Lipinski definition) is 3. The van der Waals surface area contributed by atoms with Crippen molar-refractivity contribution >= 4 is 28.6 Å². The molecule has 0 N–H and O–H groups in total. The number of ether oxygens (including phenoxy) is 2. The summed E-state index contributed by atoms with van der Waals surface area (Å²) in [6, 6.07) is 0. The summed E-state index contributed by atoms with van der Waals surface area (Å²) in [4.78, 5) is 11.7. The van der Waals surface area contributed by atoms with E-state index in [1.807, 2.05) is 6.92 Å². The van der Waals surface area contributed by atoms with Gasteiger partial charge in [-0.25, -0.2) is 4.79 Å². The standard InChI is InChI=1S/C11H17IO3/c1-5-10(2)6-8(7-12)11(3,15-10)9(13)14-4/h5,8H,1,6-7H2,2-4H3/t8-,10-,11-/m0/s1. The number of methoxy groups -OCH3 is 1. The van der Waals surface area contributed by atoms with Crippen LogP contribution in [0.4, 0.5) is 0 Å². The first-order valence-electron chi connectivity index (χ1n) is 4.90. The molecule has 0 aromatic rings. The molecule has 0 saturated carbocycles. The molecule has 3 atom stereocenters. The van der Waals surface area contributed by atoms with Crippen molar-refractivity contribution in [1.29, 1.82) is 0 Å². The second-order valence-electron chi connectivity index (χ2n) is 4.27. The van der Waals surface area contributed by atoms with Gasteiger partial charge >= 0.3 is 5.97 Å². The van der Waals surface area contributed by atoms with Crippen molar-refractivity contribution in [2.24, 2.45) is 5.92 Å².